The molecule has 5 aliphatic carbocycles. The third kappa shape index (κ3) is 2.55. The van der Waals surface area contributed by atoms with Gasteiger partial charge in [0.15, 0.2) is 0 Å². The van der Waals surface area contributed by atoms with Gasteiger partial charge < -0.3 is 20.1 Å². The molecule has 3 radical (unpaired) electrons. The largest absolute Gasteiger partial charge is 0.481 e. The van der Waals surface area contributed by atoms with Crippen LogP contribution in [0.3, 0.4) is 0 Å². The summed E-state index contributed by atoms with van der Waals surface area (Å²) in [6, 6.07) is 0. The van der Waals surface area contributed by atoms with Crippen molar-refractivity contribution >= 4 is 5.97 Å². The molecular weight excluding hydrogens is 428 g/mol. The molecule has 9 atom stereocenters. The lowest BCUT2D eigenvalue weighted by Gasteiger charge is -2.63. The number of ether oxygens (including phenoxy) is 1. The van der Waals surface area contributed by atoms with E-state index in [-0.39, 0.29) is 40.1 Å². The van der Waals surface area contributed by atoms with Crippen molar-refractivity contribution < 1.29 is 24.9 Å². The van der Waals surface area contributed by atoms with Crippen LogP contribution in [-0.4, -0.2) is 33.5 Å². The summed E-state index contributed by atoms with van der Waals surface area (Å²) < 4.78 is 6.42. The molecule has 2 spiro atoms. The predicted octanol–water partition coefficient (Wildman–Crippen LogP) is 5.31. The first-order valence-electron chi connectivity index (χ1n) is 13.7. The van der Waals surface area contributed by atoms with E-state index in [4.69, 9.17) is 9.84 Å². The fraction of sp³-hybridized carbons (Fsp3) is 0.862. The van der Waals surface area contributed by atoms with Gasteiger partial charge in [0, 0.05) is 17.8 Å². The first kappa shape index (κ1) is 23.7. The average molecular weight is 472 g/mol. The van der Waals surface area contributed by atoms with Gasteiger partial charge in [-0.3, -0.25) is 4.79 Å². The Labute approximate surface area is 205 Å². The van der Waals surface area contributed by atoms with Gasteiger partial charge in [-0.15, -0.1) is 0 Å². The summed E-state index contributed by atoms with van der Waals surface area (Å²) in [5.41, 5.74) is 0.126. The van der Waals surface area contributed by atoms with Crippen molar-refractivity contribution in [2.45, 2.75) is 111 Å². The van der Waals surface area contributed by atoms with Crippen molar-refractivity contribution in [1.82, 2.24) is 0 Å². The smallest absolute Gasteiger partial charge is 0.303 e. The van der Waals surface area contributed by atoms with E-state index in [0.717, 1.165) is 50.7 Å². The molecule has 34 heavy (non-hydrogen) atoms. The lowest BCUT2D eigenvalue weighted by atomic mass is 9.41. The third-order valence-electron chi connectivity index (χ3n) is 12.7. The minimum absolute atomic E-state index is 0.0413. The Morgan fingerprint density at radius 1 is 1.09 bits per heavy atom. The van der Waals surface area contributed by atoms with E-state index in [2.05, 4.69) is 34.6 Å². The molecule has 0 aromatic carbocycles. The molecule has 6 fully saturated rings. The van der Waals surface area contributed by atoms with Crippen LogP contribution in [-0.2, 0) is 9.53 Å². The lowest BCUT2D eigenvalue weighted by Crippen LogP contribution is -2.58. The maximum Gasteiger partial charge on any atom is 0.303 e. The molecular formula is C29H43O5. The van der Waals surface area contributed by atoms with Gasteiger partial charge >= 0.3 is 5.97 Å². The van der Waals surface area contributed by atoms with E-state index >= 15 is 0 Å². The molecule has 0 aromatic heterocycles. The fourth-order valence-electron chi connectivity index (χ4n) is 10.9. The molecule has 3 N–H and O–H groups in total. The second kappa shape index (κ2) is 7.01. The van der Waals surface area contributed by atoms with Gasteiger partial charge in [0.05, 0.1) is 18.3 Å². The number of carboxylic acids is 1. The Bertz CT molecular complexity index is 886. The normalized spacial score (nSPS) is 54.4. The van der Waals surface area contributed by atoms with Crippen LogP contribution in [0.25, 0.3) is 0 Å². The average Bonchev–Trinajstić information content (AvgIpc) is 3.40. The van der Waals surface area contributed by atoms with E-state index < -0.39 is 12.1 Å². The third-order valence-corrected chi connectivity index (χ3v) is 12.7. The molecule has 1 saturated heterocycles. The minimum atomic E-state index is -0.802. The summed E-state index contributed by atoms with van der Waals surface area (Å²) in [6.45, 7) is 11.6. The molecule has 1 aliphatic heterocycles. The zero-order valence-electron chi connectivity index (χ0n) is 21.6. The molecule has 5 nitrogen and oxygen atoms in total. The highest BCUT2D eigenvalue weighted by Gasteiger charge is 2.85. The number of aliphatic hydroxyl groups excluding tert-OH is 2. The second-order valence-electron chi connectivity index (χ2n) is 14.0. The van der Waals surface area contributed by atoms with Crippen LogP contribution in [0.4, 0.5) is 0 Å². The molecule has 0 bridgehead atoms. The highest BCUT2D eigenvalue weighted by molar-refractivity contribution is 5.66. The van der Waals surface area contributed by atoms with Crippen molar-refractivity contribution in [2.75, 3.05) is 0 Å². The van der Waals surface area contributed by atoms with Crippen molar-refractivity contribution in [2.24, 2.45) is 44.8 Å². The summed E-state index contributed by atoms with van der Waals surface area (Å²) in [5, 5.41) is 32.0. The maximum absolute atomic E-state index is 12.0. The van der Waals surface area contributed by atoms with Gasteiger partial charge in [-0.1, -0.05) is 34.6 Å². The van der Waals surface area contributed by atoms with E-state index in [1.165, 1.54) is 12.8 Å². The van der Waals surface area contributed by atoms with Crippen LogP contribution in [0.5, 0.6) is 0 Å². The summed E-state index contributed by atoms with van der Waals surface area (Å²) in [7, 11) is 0. The van der Waals surface area contributed by atoms with Crippen LogP contribution in [0.1, 0.15) is 98.8 Å². The zero-order chi connectivity index (χ0) is 24.5. The highest BCUT2D eigenvalue weighted by atomic mass is 16.5. The van der Waals surface area contributed by atoms with Crippen molar-refractivity contribution in [1.29, 1.82) is 0 Å². The van der Waals surface area contributed by atoms with E-state index in [0.29, 0.717) is 23.7 Å². The number of hydrogen-bond acceptors (Lipinski definition) is 4. The van der Waals surface area contributed by atoms with Crippen molar-refractivity contribution in [3.8, 4) is 0 Å². The second-order valence-corrected chi connectivity index (χ2v) is 14.0. The molecule has 1 heterocycles. The van der Waals surface area contributed by atoms with Crippen LogP contribution in [0.15, 0.2) is 0 Å². The number of carboxylic acid groups (broad SMARTS) is 1. The van der Waals surface area contributed by atoms with Crippen LogP contribution >= 0.6 is 0 Å². The quantitative estimate of drug-likeness (QED) is 0.519. The molecule has 5 saturated carbocycles. The monoisotopic (exact) mass is 471 g/mol. The predicted molar refractivity (Wildman–Crippen MR) is 128 cm³/mol. The molecule has 6 rings (SSSR count). The molecule has 0 unspecified atom stereocenters. The number of fused-ring (bicyclic) bond motifs is 4. The Morgan fingerprint density at radius 3 is 2.53 bits per heavy atom. The SMILES string of the molecule is C[C@@H]1C[C](CCC(=O)O)O[C]2[C@H]1[C@@]1(C)CC[C@@]34C[C@@]35CC[C@H](O)C(C)(C)[C@@H]5CC[C]4[C@]1(C)[C@H]2O. The molecule has 5 heteroatoms. The highest BCUT2D eigenvalue weighted by Crippen LogP contribution is 2.90. The van der Waals surface area contributed by atoms with Crippen LogP contribution in [0.2, 0.25) is 0 Å². The summed E-state index contributed by atoms with van der Waals surface area (Å²) in [4.78, 5) is 11.2. The summed E-state index contributed by atoms with van der Waals surface area (Å²) in [5.74, 6) is 1.92. The van der Waals surface area contributed by atoms with E-state index in [1.807, 2.05) is 0 Å². The van der Waals surface area contributed by atoms with Gasteiger partial charge in [0.25, 0.3) is 0 Å². The number of aliphatic carboxylic acids is 1. The van der Waals surface area contributed by atoms with Gasteiger partial charge in [-0.2, -0.15) is 0 Å². The van der Waals surface area contributed by atoms with Gasteiger partial charge in [0.1, 0.15) is 6.10 Å². The topological polar surface area (TPSA) is 87.0 Å². The fourth-order valence-corrected chi connectivity index (χ4v) is 10.9. The van der Waals surface area contributed by atoms with E-state index in [1.54, 1.807) is 5.92 Å². The number of hydrogen-bond donors (Lipinski definition) is 3. The molecule has 0 aromatic rings. The lowest BCUT2D eigenvalue weighted by molar-refractivity contribution is -0.137. The Kier molecular flexibility index (Phi) is 4.89. The molecule has 0 amide bonds. The van der Waals surface area contributed by atoms with Gasteiger partial charge in [0.2, 0.25) is 0 Å². The number of rotatable bonds is 3. The van der Waals surface area contributed by atoms with Gasteiger partial charge in [-0.25, -0.2) is 0 Å². The minimum Gasteiger partial charge on any atom is -0.481 e. The summed E-state index contributed by atoms with van der Waals surface area (Å²) in [6.07, 6.45) is 9.85. The van der Waals surface area contributed by atoms with Crippen molar-refractivity contribution in [3.05, 3.63) is 18.1 Å². The number of carbonyl (C=O) groups is 1. The summed E-state index contributed by atoms with van der Waals surface area (Å²) >= 11 is 0. The first-order valence-corrected chi connectivity index (χ1v) is 13.7. The molecule has 189 valence electrons. The maximum atomic E-state index is 12.0. The van der Waals surface area contributed by atoms with E-state index in [9.17, 15) is 15.0 Å². The Balaban J connectivity index is 1.34. The van der Waals surface area contributed by atoms with Gasteiger partial charge in [-0.05, 0) is 97.2 Å². The zero-order valence-corrected chi connectivity index (χ0v) is 21.6. The van der Waals surface area contributed by atoms with Crippen molar-refractivity contribution in [3.63, 3.8) is 0 Å². The Morgan fingerprint density at radius 2 is 1.82 bits per heavy atom. The first-order chi connectivity index (χ1) is 15.8. The standard InChI is InChI=1S/C29H43O5/c1-16-14-17(6-9-21(31)32)34-23-22(16)26(4)12-13-29-15-28(29)11-10-20(30)25(2,3)18(28)7-8-19(29)27(26,5)24(23)33/h16,18,20,22,24,30,33H,6-15H2,1-5H3,(H,31,32)/t16-,18+,20+,22+,24+,26-,27-,28-,29+/m1/s1. The Hall–Kier alpha value is -0.650. The van der Waals surface area contributed by atoms with Crippen LogP contribution < -0.4 is 0 Å². The molecule has 6 aliphatic rings. The number of aliphatic hydroxyl groups is 2. The van der Waals surface area contributed by atoms with Crippen LogP contribution in [0, 0.1) is 63.0 Å².